The van der Waals surface area contributed by atoms with Crippen LogP contribution >= 0.6 is 11.8 Å². The van der Waals surface area contributed by atoms with E-state index < -0.39 is 0 Å². The maximum atomic E-state index is 12.8. The number of amides is 2. The number of benzene rings is 4. The second kappa shape index (κ2) is 12.9. The Bertz CT molecular complexity index is 1440. The van der Waals surface area contributed by atoms with Crippen LogP contribution in [0.15, 0.2) is 95.9 Å². The fourth-order valence-corrected chi connectivity index (χ4v) is 4.69. The van der Waals surface area contributed by atoms with Gasteiger partial charge in [0.25, 0.3) is 5.91 Å². The number of carbonyl (C=O) groups excluding carboxylic acids is 3. The lowest BCUT2D eigenvalue weighted by molar-refractivity contribution is -0.115. The van der Waals surface area contributed by atoms with Crippen molar-refractivity contribution in [2.24, 2.45) is 0 Å². The molecule has 4 aromatic carbocycles. The number of thioether (sulfide) groups is 1. The Hall–Kier alpha value is -4.10. The largest absolute Gasteiger partial charge is 0.462 e. The Kier molecular flexibility index (Phi) is 9.16. The quantitative estimate of drug-likeness (QED) is 0.130. The summed E-state index contributed by atoms with van der Waals surface area (Å²) in [5, 5.41) is 7.52. The molecular formula is C31H30N2O4S. The van der Waals surface area contributed by atoms with E-state index in [2.05, 4.69) is 10.6 Å². The van der Waals surface area contributed by atoms with Crippen LogP contribution in [0.4, 0.5) is 11.4 Å². The maximum absolute atomic E-state index is 12.8. The molecule has 1 atom stereocenters. The van der Waals surface area contributed by atoms with E-state index in [-0.39, 0.29) is 23.0 Å². The van der Waals surface area contributed by atoms with Crippen LogP contribution in [0.5, 0.6) is 0 Å². The summed E-state index contributed by atoms with van der Waals surface area (Å²) in [4.78, 5) is 38.5. The summed E-state index contributed by atoms with van der Waals surface area (Å²) in [5.74, 6) is -0.729. The van der Waals surface area contributed by atoms with Crippen molar-refractivity contribution in [3.8, 4) is 0 Å². The molecule has 0 aromatic heterocycles. The highest BCUT2D eigenvalue weighted by molar-refractivity contribution is 8.00. The van der Waals surface area contributed by atoms with Crippen molar-refractivity contribution < 1.29 is 19.1 Å². The number of ether oxygens (including phenoxy) is 1. The average molecular weight is 527 g/mol. The third-order valence-electron chi connectivity index (χ3n) is 5.90. The standard InChI is InChI=1S/C31H30N2O4S/c1-3-4-18-37-31(36)23-14-16-26(17-15-23)32-29(34)21(2)38-28-11-7-10-27(20-28)33-30(35)25-13-12-22-8-5-6-9-24(22)19-25/h5-17,19-21H,3-4,18H2,1-2H3,(H,32,34)(H,33,35). The maximum Gasteiger partial charge on any atom is 0.338 e. The summed E-state index contributed by atoms with van der Waals surface area (Å²) in [6.07, 6.45) is 1.79. The Balaban J connectivity index is 1.32. The van der Waals surface area contributed by atoms with Gasteiger partial charge < -0.3 is 15.4 Å². The van der Waals surface area contributed by atoms with E-state index in [0.29, 0.717) is 29.1 Å². The molecule has 0 saturated carbocycles. The highest BCUT2D eigenvalue weighted by atomic mass is 32.2. The molecule has 2 amide bonds. The van der Waals surface area contributed by atoms with Gasteiger partial charge in [-0.25, -0.2) is 4.79 Å². The molecule has 0 aliphatic heterocycles. The van der Waals surface area contributed by atoms with E-state index in [1.54, 1.807) is 24.3 Å². The number of esters is 1. The number of hydrogen-bond donors (Lipinski definition) is 2. The fourth-order valence-electron chi connectivity index (χ4n) is 3.76. The Labute approximate surface area is 226 Å². The fraction of sp³-hybridized carbons (Fsp3) is 0.194. The molecule has 4 aromatic rings. The van der Waals surface area contributed by atoms with Crippen molar-refractivity contribution in [1.29, 1.82) is 0 Å². The molecule has 0 saturated heterocycles. The van der Waals surface area contributed by atoms with Crippen LogP contribution in [0.1, 0.15) is 47.4 Å². The van der Waals surface area contributed by atoms with Crippen molar-refractivity contribution in [1.82, 2.24) is 0 Å². The van der Waals surface area contributed by atoms with E-state index in [1.165, 1.54) is 11.8 Å². The lowest BCUT2D eigenvalue weighted by atomic mass is 10.1. The molecule has 0 aliphatic carbocycles. The van der Waals surface area contributed by atoms with E-state index in [0.717, 1.165) is 28.5 Å². The van der Waals surface area contributed by atoms with Crippen LogP contribution in [0.3, 0.4) is 0 Å². The van der Waals surface area contributed by atoms with Crippen LogP contribution in [0.2, 0.25) is 0 Å². The van der Waals surface area contributed by atoms with Crippen LogP contribution in [-0.2, 0) is 9.53 Å². The minimum atomic E-state index is -0.389. The monoisotopic (exact) mass is 526 g/mol. The number of hydrogen-bond acceptors (Lipinski definition) is 5. The molecule has 0 spiro atoms. The molecule has 38 heavy (non-hydrogen) atoms. The Morgan fingerprint density at radius 2 is 1.53 bits per heavy atom. The first kappa shape index (κ1) is 26.9. The van der Waals surface area contributed by atoms with Crippen molar-refractivity contribution in [3.63, 3.8) is 0 Å². The van der Waals surface area contributed by atoms with Gasteiger partial charge in [-0.2, -0.15) is 0 Å². The third-order valence-corrected chi connectivity index (χ3v) is 7.00. The highest BCUT2D eigenvalue weighted by Crippen LogP contribution is 2.27. The summed E-state index contributed by atoms with van der Waals surface area (Å²) < 4.78 is 5.21. The topological polar surface area (TPSA) is 84.5 Å². The Morgan fingerprint density at radius 3 is 2.29 bits per heavy atom. The summed E-state index contributed by atoms with van der Waals surface area (Å²) in [5.41, 5.74) is 2.28. The van der Waals surface area contributed by atoms with Crippen molar-refractivity contribution in [2.75, 3.05) is 17.2 Å². The van der Waals surface area contributed by atoms with Gasteiger partial charge in [0.15, 0.2) is 0 Å². The summed E-state index contributed by atoms with van der Waals surface area (Å²) >= 11 is 1.39. The minimum absolute atomic E-state index is 0.168. The molecular weight excluding hydrogens is 496 g/mol. The lowest BCUT2D eigenvalue weighted by Crippen LogP contribution is -2.22. The average Bonchev–Trinajstić information content (AvgIpc) is 2.93. The van der Waals surface area contributed by atoms with Crippen LogP contribution in [-0.4, -0.2) is 29.6 Å². The van der Waals surface area contributed by atoms with Crippen LogP contribution < -0.4 is 10.6 Å². The van der Waals surface area contributed by atoms with E-state index >= 15 is 0 Å². The van der Waals surface area contributed by atoms with Gasteiger partial charge in [0.1, 0.15) is 0 Å². The zero-order chi connectivity index (χ0) is 26.9. The smallest absolute Gasteiger partial charge is 0.338 e. The van der Waals surface area contributed by atoms with E-state index in [4.69, 9.17) is 4.74 Å². The molecule has 0 fully saturated rings. The summed E-state index contributed by atoms with van der Waals surface area (Å²) in [6, 6.07) is 27.6. The Morgan fingerprint density at radius 1 is 0.789 bits per heavy atom. The van der Waals surface area contributed by atoms with Gasteiger partial charge >= 0.3 is 5.97 Å². The van der Waals surface area contributed by atoms with Gasteiger partial charge in [0.2, 0.25) is 5.91 Å². The van der Waals surface area contributed by atoms with Crippen molar-refractivity contribution in [3.05, 3.63) is 102 Å². The molecule has 0 radical (unpaired) electrons. The first-order valence-electron chi connectivity index (χ1n) is 12.6. The number of fused-ring (bicyclic) bond motifs is 1. The van der Waals surface area contributed by atoms with E-state index in [9.17, 15) is 14.4 Å². The van der Waals surface area contributed by atoms with E-state index in [1.807, 2.05) is 80.6 Å². The van der Waals surface area contributed by atoms with Gasteiger partial charge in [-0.05, 0) is 78.7 Å². The number of carbonyl (C=O) groups is 3. The molecule has 0 heterocycles. The van der Waals surface area contributed by atoms with Crippen LogP contribution in [0, 0.1) is 0 Å². The third kappa shape index (κ3) is 7.23. The zero-order valence-electron chi connectivity index (χ0n) is 21.4. The summed E-state index contributed by atoms with van der Waals surface area (Å²) in [6.45, 7) is 4.25. The highest BCUT2D eigenvalue weighted by Gasteiger charge is 2.16. The van der Waals surface area contributed by atoms with Gasteiger partial charge in [-0.1, -0.05) is 49.7 Å². The molecule has 194 valence electrons. The minimum Gasteiger partial charge on any atom is -0.462 e. The number of anilines is 2. The molecule has 7 heteroatoms. The van der Waals surface area contributed by atoms with Gasteiger partial charge in [0, 0.05) is 21.8 Å². The van der Waals surface area contributed by atoms with Gasteiger partial charge in [-0.3, -0.25) is 9.59 Å². The van der Waals surface area contributed by atoms with Crippen molar-refractivity contribution >= 4 is 51.7 Å². The number of nitrogens with one attached hydrogen (secondary N) is 2. The number of rotatable bonds is 10. The molecule has 0 bridgehead atoms. The van der Waals surface area contributed by atoms with Gasteiger partial charge in [-0.15, -0.1) is 11.8 Å². The van der Waals surface area contributed by atoms with Crippen molar-refractivity contribution in [2.45, 2.75) is 36.8 Å². The predicted octanol–water partition coefficient (Wildman–Crippen LogP) is 7.17. The zero-order valence-corrected chi connectivity index (χ0v) is 22.2. The molecule has 1 unspecified atom stereocenters. The second-order valence-corrected chi connectivity index (χ2v) is 10.3. The molecule has 0 aliphatic rings. The van der Waals surface area contributed by atoms with Crippen LogP contribution in [0.25, 0.3) is 10.8 Å². The second-order valence-electron chi connectivity index (χ2n) is 8.86. The van der Waals surface area contributed by atoms with Gasteiger partial charge in [0.05, 0.1) is 17.4 Å². The number of unbranched alkanes of at least 4 members (excludes halogenated alkanes) is 1. The molecule has 6 nitrogen and oxygen atoms in total. The first-order chi connectivity index (χ1) is 18.4. The molecule has 4 rings (SSSR count). The normalized spacial score (nSPS) is 11.5. The first-order valence-corrected chi connectivity index (χ1v) is 13.5. The lowest BCUT2D eigenvalue weighted by Gasteiger charge is -2.13. The summed E-state index contributed by atoms with van der Waals surface area (Å²) in [7, 11) is 0. The SMILES string of the molecule is CCCCOC(=O)c1ccc(NC(=O)C(C)Sc2cccc(NC(=O)c3ccc4ccccc4c3)c2)cc1. The molecule has 2 N–H and O–H groups in total. The predicted molar refractivity (Wildman–Crippen MR) is 154 cm³/mol.